The molecule has 0 aliphatic heterocycles. The summed E-state index contributed by atoms with van der Waals surface area (Å²) in [6.07, 6.45) is 0. The zero-order chi connectivity index (χ0) is 3.41. The Bertz CT molecular complexity index is 5.25. The molecule has 0 amide bonds. The lowest BCUT2D eigenvalue weighted by molar-refractivity contribution is 0.110. The maximum Gasteiger partial charge on any atom is 0.00301 e. The van der Waals surface area contributed by atoms with Crippen LogP contribution in [0.25, 0.3) is 0 Å². The van der Waals surface area contributed by atoms with Crippen LogP contribution in [-0.2, 0) is 0 Å². The first-order valence-electron chi connectivity index (χ1n) is 0.712. The first-order valence-corrected chi connectivity index (χ1v) is 0.712. The Hall–Kier alpha value is -0.160. The Morgan fingerprint density at radius 1 is 2.00 bits per heavy atom. The Kier molecular flexibility index (Phi) is 2.73. The molecular formula is H4N3O. The van der Waals surface area contributed by atoms with E-state index in [0.29, 0.717) is 0 Å². The van der Waals surface area contributed by atoms with E-state index >= 15 is 0 Å². The smallest absolute Gasteiger partial charge is 0.00301 e. The largest absolute Gasteiger partial charge is 0.281 e. The van der Waals surface area contributed by atoms with Crippen LogP contribution in [0, 0.1) is 0 Å². The van der Waals surface area contributed by atoms with Gasteiger partial charge in [0.25, 0.3) is 0 Å². The number of hydrogen-bond donors (Lipinski definition) is 3. The molecule has 4 nitrogen and oxygen atoms in total. The highest BCUT2D eigenvalue weighted by Crippen LogP contribution is 1.05. The summed E-state index contributed by atoms with van der Waals surface area (Å²) in [7, 11) is 0. The fourth-order valence-electron chi connectivity index (χ4n) is 0. The summed E-state index contributed by atoms with van der Waals surface area (Å²) in [5, 5.41) is 7.26. The molecule has 0 bridgehead atoms. The molecule has 0 fully saturated rings. The fraction of sp³-hybridized carbons (Fsp3) is 0. The third-order valence-electron chi connectivity index (χ3n) is 0.0577. The molecule has 0 unspecified atom stereocenters. The molecule has 0 atom stereocenters. The van der Waals surface area contributed by atoms with Crippen LogP contribution in [-0.4, -0.2) is 5.21 Å². The number of nitrogens with two attached hydrogens (primary N) is 1. The van der Waals surface area contributed by atoms with E-state index in [1.807, 2.05) is 0 Å². The van der Waals surface area contributed by atoms with Crippen molar-refractivity contribution >= 4 is 0 Å². The van der Waals surface area contributed by atoms with Gasteiger partial charge in [-0.25, -0.2) is 0 Å². The highest BCUT2D eigenvalue weighted by atomic mass is 16.5. The zero-order valence-electron chi connectivity index (χ0n) is 1.97. The van der Waals surface area contributed by atoms with E-state index in [-0.39, 0.29) is 0 Å². The van der Waals surface area contributed by atoms with Gasteiger partial charge in [-0.05, 0) is 0 Å². The Balaban J connectivity index is 1.97. The molecule has 25 valence electrons. The molecule has 4 heteroatoms. The molecule has 1 radical (unpaired) electrons. The normalized spacial score (nSPS) is 7.50. The van der Waals surface area contributed by atoms with Gasteiger partial charge >= 0.3 is 0 Å². The summed E-state index contributed by atoms with van der Waals surface area (Å²) in [6.45, 7) is 0. The van der Waals surface area contributed by atoms with Crippen LogP contribution in [0.1, 0.15) is 0 Å². The van der Waals surface area contributed by atoms with E-state index in [4.69, 9.17) is 5.21 Å². The topological polar surface area (TPSA) is 72.4 Å². The first-order chi connectivity index (χ1) is 1.91. The van der Waals surface area contributed by atoms with Crippen molar-refractivity contribution in [3.05, 3.63) is 0 Å². The van der Waals surface area contributed by atoms with E-state index < -0.39 is 0 Å². The van der Waals surface area contributed by atoms with E-state index in [0.717, 1.165) is 0 Å². The third-order valence-corrected chi connectivity index (χ3v) is 0.0577. The van der Waals surface area contributed by atoms with Crippen LogP contribution in [0.4, 0.5) is 0 Å². The van der Waals surface area contributed by atoms with Gasteiger partial charge in [0, 0.05) is 5.59 Å². The van der Waals surface area contributed by atoms with Crippen LogP contribution < -0.4 is 17.0 Å². The minimum Gasteiger partial charge on any atom is -0.281 e. The van der Waals surface area contributed by atoms with Gasteiger partial charge in [-0.3, -0.25) is 11.0 Å². The molecule has 0 aromatic carbocycles. The molecule has 0 saturated heterocycles. The van der Waals surface area contributed by atoms with E-state index in [1.54, 1.807) is 5.53 Å². The minimum atomic E-state index is 1.61. The minimum absolute atomic E-state index is 1.61. The number of rotatable bonds is 1. The SMILES string of the molecule is NN[N]O. The lowest BCUT2D eigenvalue weighted by atomic mass is 12.5. The standard InChI is InChI=1S/H4N3O/c1-2-3-4/h2,4H,1H2. The lowest BCUT2D eigenvalue weighted by Crippen LogP contribution is -2.28. The lowest BCUT2D eigenvalue weighted by Gasteiger charge is -1.75. The number of nitrogens with one attached hydrogen (secondary N) is 1. The molecule has 0 aliphatic rings. The van der Waals surface area contributed by atoms with Gasteiger partial charge in [-0.1, -0.05) is 0 Å². The number of hydrazine groups is 1. The highest BCUT2D eigenvalue weighted by Gasteiger charge is 1.50. The summed E-state index contributed by atoms with van der Waals surface area (Å²) in [4.78, 5) is 0. The van der Waals surface area contributed by atoms with Gasteiger partial charge in [-0.15, -0.1) is 0 Å². The summed E-state index contributed by atoms with van der Waals surface area (Å²) >= 11 is 0. The molecule has 0 aromatic heterocycles. The Morgan fingerprint density at radius 2 is 2.25 bits per heavy atom. The summed E-state index contributed by atoms with van der Waals surface area (Å²) in [5.74, 6) is 4.36. The second-order valence-electron chi connectivity index (χ2n) is 0.229. The Morgan fingerprint density at radius 3 is 2.25 bits per heavy atom. The van der Waals surface area contributed by atoms with E-state index in [2.05, 4.69) is 11.4 Å². The number of hydrogen-bond acceptors (Lipinski definition) is 3. The molecule has 0 rings (SSSR count). The summed E-state index contributed by atoms with van der Waals surface area (Å²) in [6, 6.07) is 0. The summed E-state index contributed by atoms with van der Waals surface area (Å²) in [5.41, 5.74) is 3.88. The van der Waals surface area contributed by atoms with E-state index in [1.165, 1.54) is 0 Å². The van der Waals surface area contributed by atoms with Crippen molar-refractivity contribution < 1.29 is 5.21 Å². The van der Waals surface area contributed by atoms with Crippen LogP contribution in [0.3, 0.4) is 0 Å². The van der Waals surface area contributed by atoms with E-state index in [9.17, 15) is 0 Å². The zero-order valence-corrected chi connectivity index (χ0v) is 1.97. The Labute approximate surface area is 23.5 Å². The predicted octanol–water partition coefficient (Wildman–Crippen LogP) is -1.64. The van der Waals surface area contributed by atoms with Gasteiger partial charge in [0.15, 0.2) is 0 Å². The second kappa shape index (κ2) is 2.84. The van der Waals surface area contributed by atoms with Crippen LogP contribution in [0.15, 0.2) is 0 Å². The maximum absolute atomic E-state index is 7.26. The van der Waals surface area contributed by atoms with Gasteiger partial charge in [0.1, 0.15) is 0 Å². The monoisotopic (exact) mass is 62.0 g/mol. The summed E-state index contributed by atoms with van der Waals surface area (Å²) < 4.78 is 0. The van der Waals surface area contributed by atoms with Gasteiger partial charge in [0.2, 0.25) is 0 Å². The average Bonchev–Trinajstić information content (AvgIpc) is 1.37. The molecule has 4 heavy (non-hydrogen) atoms. The van der Waals surface area contributed by atoms with Crippen molar-refractivity contribution in [3.8, 4) is 0 Å². The average molecular weight is 62.1 g/mol. The maximum atomic E-state index is 7.26. The van der Waals surface area contributed by atoms with Gasteiger partial charge < -0.3 is 0 Å². The van der Waals surface area contributed by atoms with Crippen molar-refractivity contribution in [2.45, 2.75) is 0 Å². The van der Waals surface area contributed by atoms with Crippen molar-refractivity contribution in [3.63, 3.8) is 0 Å². The molecule has 0 heterocycles. The highest BCUT2D eigenvalue weighted by molar-refractivity contribution is 3.70. The van der Waals surface area contributed by atoms with Crippen LogP contribution >= 0.6 is 0 Å². The predicted molar refractivity (Wildman–Crippen MR) is 11.2 cm³/mol. The molecule has 4 N–H and O–H groups in total. The van der Waals surface area contributed by atoms with Crippen LogP contribution in [0.5, 0.6) is 0 Å². The van der Waals surface area contributed by atoms with Crippen molar-refractivity contribution in [2.75, 3.05) is 0 Å². The first kappa shape index (κ1) is 3.84. The van der Waals surface area contributed by atoms with Crippen LogP contribution in [0.2, 0.25) is 0 Å². The van der Waals surface area contributed by atoms with Crippen molar-refractivity contribution in [1.29, 1.82) is 0 Å². The quantitative estimate of drug-likeness (QED) is 0.252. The second-order valence-corrected chi connectivity index (χ2v) is 0.229. The van der Waals surface area contributed by atoms with Crippen molar-refractivity contribution in [2.24, 2.45) is 5.84 Å². The molecular weight excluding hydrogens is 58.0 g/mol. The van der Waals surface area contributed by atoms with Gasteiger partial charge in [-0.2, -0.15) is 5.53 Å². The fourth-order valence-corrected chi connectivity index (χ4v) is 0. The number of nitrogens with zero attached hydrogens (tertiary/aromatic N) is 1. The van der Waals surface area contributed by atoms with Crippen molar-refractivity contribution in [1.82, 2.24) is 11.1 Å². The third kappa shape index (κ3) is 1.84. The van der Waals surface area contributed by atoms with Gasteiger partial charge in [0.05, 0.1) is 0 Å². The molecule has 0 saturated carbocycles. The molecule has 0 aromatic rings. The molecule has 0 spiro atoms. The molecule has 0 aliphatic carbocycles.